The molecule has 0 aliphatic heterocycles. The van der Waals surface area contributed by atoms with Crippen LogP contribution in [0.2, 0.25) is 0 Å². The predicted molar refractivity (Wildman–Crippen MR) is 109 cm³/mol. The Bertz CT molecular complexity index is 937. The lowest BCUT2D eigenvalue weighted by atomic mass is 9.98. The van der Waals surface area contributed by atoms with E-state index in [9.17, 15) is 9.18 Å². The van der Waals surface area contributed by atoms with Crippen molar-refractivity contribution >= 4 is 40.2 Å². The summed E-state index contributed by atoms with van der Waals surface area (Å²) < 4.78 is 13.2. The molecule has 6 nitrogen and oxygen atoms in total. The molecule has 0 aliphatic rings. The van der Waals surface area contributed by atoms with Crippen LogP contribution in [0.4, 0.5) is 15.9 Å². The van der Waals surface area contributed by atoms with E-state index >= 15 is 0 Å². The number of rotatable bonds is 7. The first-order valence-corrected chi connectivity index (χ1v) is 10.1. The Morgan fingerprint density at radius 3 is 2.70 bits per heavy atom. The highest BCUT2D eigenvalue weighted by Gasteiger charge is 2.20. The predicted octanol–water partition coefficient (Wildman–Crippen LogP) is 4.12. The van der Waals surface area contributed by atoms with Gasteiger partial charge in [-0.25, -0.2) is 9.97 Å². The van der Waals surface area contributed by atoms with E-state index < -0.39 is 12.6 Å². The Kier molecular flexibility index (Phi) is 5.95. The van der Waals surface area contributed by atoms with Gasteiger partial charge in [0.15, 0.2) is 0 Å². The lowest BCUT2D eigenvalue weighted by Gasteiger charge is -2.10. The third-order valence-electron chi connectivity index (χ3n) is 4.43. The molecule has 1 atom stereocenters. The molecule has 4 N–H and O–H groups in total. The molecule has 2 heterocycles. The van der Waals surface area contributed by atoms with E-state index in [0.717, 1.165) is 11.3 Å². The summed E-state index contributed by atoms with van der Waals surface area (Å²) in [6.07, 6.45) is 4.36. The summed E-state index contributed by atoms with van der Waals surface area (Å²) >= 11 is 1.73. The van der Waals surface area contributed by atoms with Crippen molar-refractivity contribution in [2.75, 3.05) is 24.0 Å². The zero-order valence-corrected chi connectivity index (χ0v) is 16.1. The number of alkyl halides is 1. The number of thioether (sulfide) groups is 1. The van der Waals surface area contributed by atoms with E-state index in [4.69, 9.17) is 5.73 Å². The molecule has 0 bridgehead atoms. The van der Waals surface area contributed by atoms with Crippen LogP contribution >= 0.6 is 11.8 Å². The molecule has 3 rings (SSSR count). The molecule has 0 spiro atoms. The number of H-pyrrole nitrogens is 1. The van der Waals surface area contributed by atoms with E-state index in [1.54, 1.807) is 18.0 Å². The fraction of sp³-hybridized carbons (Fsp3) is 0.316. The number of aromatic nitrogens is 3. The van der Waals surface area contributed by atoms with Crippen molar-refractivity contribution in [2.45, 2.75) is 25.0 Å². The summed E-state index contributed by atoms with van der Waals surface area (Å²) in [6, 6.07) is 7.60. The van der Waals surface area contributed by atoms with Crippen molar-refractivity contribution in [3.8, 4) is 0 Å². The number of nitrogen functional groups attached to an aromatic ring is 1. The highest BCUT2D eigenvalue weighted by Crippen LogP contribution is 2.30. The maximum Gasteiger partial charge on any atom is 0.293 e. The molecule has 1 aromatic carbocycles. The number of nitrogens with one attached hydrogen (secondary N) is 2. The number of amides is 1. The van der Waals surface area contributed by atoms with Crippen molar-refractivity contribution in [1.29, 1.82) is 0 Å². The average Bonchev–Trinajstić information content (AvgIpc) is 3.09. The lowest BCUT2D eigenvalue weighted by Crippen LogP contribution is -2.17. The van der Waals surface area contributed by atoms with Crippen LogP contribution in [-0.4, -0.2) is 33.8 Å². The quantitative estimate of drug-likeness (QED) is 0.567. The molecule has 0 saturated carbocycles. The second-order valence-electron chi connectivity index (χ2n) is 6.24. The zero-order valence-electron chi connectivity index (χ0n) is 15.3. The monoisotopic (exact) mass is 387 g/mol. The topological polar surface area (TPSA) is 96.7 Å². The second kappa shape index (κ2) is 8.39. The summed E-state index contributed by atoms with van der Waals surface area (Å²) in [5.74, 6) is 0.328. The minimum atomic E-state index is -0.488. The van der Waals surface area contributed by atoms with Crippen molar-refractivity contribution < 1.29 is 9.18 Å². The minimum Gasteiger partial charge on any atom is -0.383 e. The number of aromatic amines is 1. The number of hydrogen-bond donors (Lipinski definition) is 3. The molecule has 1 unspecified atom stereocenters. The first-order valence-electron chi connectivity index (χ1n) is 8.67. The molecular formula is C19H22FN5OS. The zero-order chi connectivity index (χ0) is 19.4. The fourth-order valence-corrected chi connectivity index (χ4v) is 3.48. The van der Waals surface area contributed by atoms with Gasteiger partial charge in [-0.05, 0) is 35.9 Å². The first kappa shape index (κ1) is 19.2. The first-order chi connectivity index (χ1) is 13.1. The van der Waals surface area contributed by atoms with Crippen molar-refractivity contribution in [1.82, 2.24) is 15.0 Å². The van der Waals surface area contributed by atoms with Crippen molar-refractivity contribution in [2.24, 2.45) is 0 Å². The number of nitrogens with zero attached hydrogens (tertiary/aromatic N) is 2. The molecule has 8 heteroatoms. The van der Waals surface area contributed by atoms with Crippen LogP contribution in [0.3, 0.4) is 0 Å². The molecule has 27 heavy (non-hydrogen) atoms. The number of halogens is 1. The van der Waals surface area contributed by atoms with Gasteiger partial charge in [0.25, 0.3) is 5.91 Å². The van der Waals surface area contributed by atoms with Crippen LogP contribution in [0.5, 0.6) is 0 Å². The van der Waals surface area contributed by atoms with E-state index in [-0.39, 0.29) is 17.6 Å². The van der Waals surface area contributed by atoms with Gasteiger partial charge >= 0.3 is 0 Å². The van der Waals surface area contributed by atoms with Crippen LogP contribution in [0.1, 0.15) is 41.0 Å². The summed E-state index contributed by atoms with van der Waals surface area (Å²) in [7, 11) is 0. The Hall–Kier alpha value is -2.61. The smallest absolute Gasteiger partial charge is 0.293 e. The number of fused-ring (bicyclic) bond motifs is 1. The van der Waals surface area contributed by atoms with Crippen LogP contribution < -0.4 is 11.1 Å². The normalized spacial score (nSPS) is 12.3. The van der Waals surface area contributed by atoms with E-state index in [0.29, 0.717) is 23.1 Å². The number of hydrogen-bond acceptors (Lipinski definition) is 5. The Morgan fingerprint density at radius 2 is 2.07 bits per heavy atom. The number of carbonyl (C=O) groups excluding carboxylic acids is 1. The molecule has 2 aromatic heterocycles. The third-order valence-corrected chi connectivity index (χ3v) is 5.06. The number of carbonyl (C=O) groups is 1. The molecule has 0 saturated heterocycles. The summed E-state index contributed by atoms with van der Waals surface area (Å²) in [5.41, 5.74) is 9.07. The molecule has 0 fully saturated rings. The van der Waals surface area contributed by atoms with Gasteiger partial charge in [-0.15, -0.1) is 0 Å². The fourth-order valence-electron chi connectivity index (χ4n) is 2.96. The largest absolute Gasteiger partial charge is 0.383 e. The van der Waals surface area contributed by atoms with Crippen LogP contribution in [0, 0.1) is 0 Å². The Labute approximate surface area is 161 Å². The van der Waals surface area contributed by atoms with Gasteiger partial charge in [-0.3, -0.25) is 9.18 Å². The number of benzene rings is 1. The summed E-state index contributed by atoms with van der Waals surface area (Å²) in [6.45, 7) is 1.42. The van der Waals surface area contributed by atoms with Gasteiger partial charge in [0.2, 0.25) is 5.82 Å². The maximum absolute atomic E-state index is 13.2. The summed E-state index contributed by atoms with van der Waals surface area (Å²) in [5, 5.41) is 3.35. The van der Waals surface area contributed by atoms with E-state index in [1.807, 2.05) is 37.4 Å². The SMILES string of the molecule is CCC(CF)c1c[nH]c2nc(C(=O)Nc3ccc(CSC)cc3)nc(N)c12. The van der Waals surface area contributed by atoms with Crippen molar-refractivity contribution in [3.63, 3.8) is 0 Å². The van der Waals surface area contributed by atoms with Gasteiger partial charge in [-0.1, -0.05) is 19.1 Å². The summed E-state index contributed by atoms with van der Waals surface area (Å²) in [4.78, 5) is 23.9. The highest BCUT2D eigenvalue weighted by atomic mass is 32.2. The standard InChI is InChI=1S/C19H22FN5OS/c1-3-12(8-20)14-9-22-17-15(14)16(21)24-18(25-17)19(26)23-13-6-4-11(5-7-13)10-27-2/h4-7,9,12H,3,8,10H2,1-2H3,(H,23,26)(H3,21,22,24,25). The van der Waals surface area contributed by atoms with Crippen LogP contribution in [0.25, 0.3) is 11.0 Å². The molecule has 0 radical (unpaired) electrons. The Balaban J connectivity index is 1.85. The van der Waals surface area contributed by atoms with Gasteiger partial charge in [0.1, 0.15) is 11.5 Å². The molecule has 1 amide bonds. The van der Waals surface area contributed by atoms with Gasteiger partial charge < -0.3 is 16.0 Å². The lowest BCUT2D eigenvalue weighted by molar-refractivity contribution is 0.101. The number of nitrogens with two attached hydrogens (primary N) is 1. The third kappa shape index (κ3) is 4.05. The molecule has 142 valence electrons. The average molecular weight is 387 g/mol. The Morgan fingerprint density at radius 1 is 1.33 bits per heavy atom. The van der Waals surface area contributed by atoms with E-state index in [1.165, 1.54) is 5.56 Å². The minimum absolute atomic E-state index is 0.0325. The van der Waals surface area contributed by atoms with E-state index in [2.05, 4.69) is 20.3 Å². The molecule has 3 aromatic rings. The van der Waals surface area contributed by atoms with Gasteiger partial charge in [0, 0.05) is 23.6 Å². The molecule has 0 aliphatic carbocycles. The van der Waals surface area contributed by atoms with Crippen molar-refractivity contribution in [3.05, 3.63) is 47.4 Å². The van der Waals surface area contributed by atoms with Gasteiger partial charge in [0.05, 0.1) is 12.1 Å². The van der Waals surface area contributed by atoms with Gasteiger partial charge in [-0.2, -0.15) is 11.8 Å². The maximum atomic E-state index is 13.2. The number of anilines is 2. The highest BCUT2D eigenvalue weighted by molar-refractivity contribution is 7.97. The second-order valence-corrected chi connectivity index (χ2v) is 7.11. The molecular weight excluding hydrogens is 365 g/mol. The van der Waals surface area contributed by atoms with Crippen LogP contribution in [-0.2, 0) is 5.75 Å². The van der Waals surface area contributed by atoms with Crippen LogP contribution in [0.15, 0.2) is 30.5 Å².